The van der Waals surface area contributed by atoms with E-state index in [1.165, 1.54) is 42.5 Å². The van der Waals surface area contributed by atoms with Crippen molar-refractivity contribution in [2.75, 3.05) is 14.8 Å². The van der Waals surface area contributed by atoms with Crippen LogP contribution in [0.4, 0.5) is 17.3 Å². The minimum Gasteiger partial charge on any atom is -0.322 e. The maximum atomic E-state index is 12.9. The average Bonchev–Trinajstić information content (AvgIpc) is 2.85. The summed E-state index contributed by atoms with van der Waals surface area (Å²) >= 11 is 6.15. The second kappa shape index (κ2) is 11.0. The Kier molecular flexibility index (Phi) is 7.91. The van der Waals surface area contributed by atoms with Crippen LogP contribution in [0.1, 0.15) is 27.3 Å². The second-order valence-corrected chi connectivity index (χ2v) is 12.4. The van der Waals surface area contributed by atoms with Crippen molar-refractivity contribution >= 4 is 54.9 Å². The number of anilines is 3. The average molecular weight is 586 g/mol. The van der Waals surface area contributed by atoms with Gasteiger partial charge in [0.25, 0.3) is 26.0 Å². The van der Waals surface area contributed by atoms with Gasteiger partial charge in [0.05, 0.1) is 9.92 Å². The molecule has 39 heavy (non-hydrogen) atoms. The first-order valence-corrected chi connectivity index (χ1v) is 14.8. The van der Waals surface area contributed by atoms with Crippen LogP contribution in [0.15, 0.2) is 82.6 Å². The Balaban J connectivity index is 1.49. The lowest BCUT2D eigenvalue weighted by Gasteiger charge is -2.12. The lowest BCUT2D eigenvalue weighted by atomic mass is 10.2. The van der Waals surface area contributed by atoms with Crippen molar-refractivity contribution in [3.63, 3.8) is 0 Å². The minimum atomic E-state index is -4.08. The zero-order chi connectivity index (χ0) is 28.4. The molecule has 1 heterocycles. The van der Waals surface area contributed by atoms with Crippen molar-refractivity contribution < 1.29 is 21.6 Å². The van der Waals surface area contributed by atoms with E-state index in [2.05, 4.69) is 24.7 Å². The predicted octanol–water partition coefficient (Wildman–Crippen LogP) is 4.91. The SMILES string of the molecule is Cc1ccc(NS(=O)(=O)c2cc(C(=O)Nc3ccc(S(=O)(=O)Nc4nc(C)cc(C)n4)cc3)ccc2Cl)cc1. The summed E-state index contributed by atoms with van der Waals surface area (Å²) < 4.78 is 56.1. The predicted molar refractivity (Wildman–Crippen MR) is 150 cm³/mol. The van der Waals surface area contributed by atoms with E-state index in [4.69, 9.17) is 11.6 Å². The van der Waals surface area contributed by atoms with Gasteiger partial charge in [-0.2, -0.15) is 0 Å². The first-order valence-electron chi connectivity index (χ1n) is 11.5. The molecule has 0 atom stereocenters. The summed E-state index contributed by atoms with van der Waals surface area (Å²) in [6.07, 6.45) is 0. The lowest BCUT2D eigenvalue weighted by molar-refractivity contribution is 0.102. The van der Waals surface area contributed by atoms with E-state index in [0.29, 0.717) is 22.8 Å². The van der Waals surface area contributed by atoms with Gasteiger partial charge in [-0.25, -0.2) is 31.5 Å². The van der Waals surface area contributed by atoms with Gasteiger partial charge in [0.15, 0.2) is 0 Å². The Morgan fingerprint density at radius 1 is 0.718 bits per heavy atom. The Bertz CT molecular complexity index is 1740. The summed E-state index contributed by atoms with van der Waals surface area (Å²) in [6, 6.07) is 17.8. The number of nitrogens with one attached hydrogen (secondary N) is 3. The van der Waals surface area contributed by atoms with E-state index in [-0.39, 0.29) is 26.3 Å². The standard InChI is InChI=1S/C26H24ClN5O5S2/c1-16-4-7-21(8-5-16)31-39(36,37)24-15-19(6-13-23(24)27)25(33)30-20-9-11-22(12-10-20)38(34,35)32-26-28-17(2)14-18(3)29-26/h4-15,31H,1-3H3,(H,30,33)(H,28,29,32). The highest BCUT2D eigenvalue weighted by Crippen LogP contribution is 2.26. The normalized spacial score (nSPS) is 11.6. The number of hydrogen-bond donors (Lipinski definition) is 3. The maximum Gasteiger partial charge on any atom is 0.264 e. The number of carbonyl (C=O) groups is 1. The zero-order valence-electron chi connectivity index (χ0n) is 21.1. The van der Waals surface area contributed by atoms with Crippen LogP contribution in [0.5, 0.6) is 0 Å². The largest absolute Gasteiger partial charge is 0.322 e. The van der Waals surface area contributed by atoms with Gasteiger partial charge >= 0.3 is 0 Å². The third kappa shape index (κ3) is 6.91. The number of aryl methyl sites for hydroxylation is 3. The number of benzene rings is 3. The fourth-order valence-corrected chi connectivity index (χ4v) is 6.08. The smallest absolute Gasteiger partial charge is 0.264 e. The molecule has 4 aromatic rings. The third-order valence-electron chi connectivity index (χ3n) is 5.42. The highest BCUT2D eigenvalue weighted by atomic mass is 35.5. The summed E-state index contributed by atoms with van der Waals surface area (Å²) in [5, 5.41) is 2.56. The molecule has 10 nitrogen and oxygen atoms in total. The van der Waals surface area contributed by atoms with Gasteiger partial charge in [-0.15, -0.1) is 0 Å². The van der Waals surface area contributed by atoms with Gasteiger partial charge < -0.3 is 5.32 Å². The molecule has 3 N–H and O–H groups in total. The molecule has 0 radical (unpaired) electrons. The van der Waals surface area contributed by atoms with Gasteiger partial charge in [-0.05, 0) is 81.4 Å². The van der Waals surface area contributed by atoms with Crippen molar-refractivity contribution in [1.82, 2.24) is 9.97 Å². The van der Waals surface area contributed by atoms with E-state index >= 15 is 0 Å². The molecule has 0 bridgehead atoms. The summed E-state index contributed by atoms with van der Waals surface area (Å²) in [4.78, 5) is 20.7. The van der Waals surface area contributed by atoms with E-state index in [0.717, 1.165) is 5.56 Å². The Labute approximate surface area is 231 Å². The van der Waals surface area contributed by atoms with Gasteiger partial charge in [-0.1, -0.05) is 29.3 Å². The summed E-state index contributed by atoms with van der Waals surface area (Å²) in [5.41, 5.74) is 2.87. The molecule has 0 spiro atoms. The monoisotopic (exact) mass is 585 g/mol. The van der Waals surface area contributed by atoms with Crippen LogP contribution >= 0.6 is 11.6 Å². The summed E-state index contributed by atoms with van der Waals surface area (Å²) in [7, 11) is -8.06. The molecule has 0 fully saturated rings. The molecule has 0 aliphatic rings. The van der Waals surface area contributed by atoms with Gasteiger partial charge in [-0.3, -0.25) is 9.52 Å². The van der Waals surface area contributed by atoms with Gasteiger partial charge in [0, 0.05) is 28.3 Å². The van der Waals surface area contributed by atoms with Crippen LogP contribution in [0.25, 0.3) is 0 Å². The summed E-state index contributed by atoms with van der Waals surface area (Å²) in [6.45, 7) is 5.33. The zero-order valence-corrected chi connectivity index (χ0v) is 23.4. The van der Waals surface area contributed by atoms with E-state index < -0.39 is 26.0 Å². The lowest BCUT2D eigenvalue weighted by Crippen LogP contribution is -2.17. The number of aromatic nitrogens is 2. The first-order chi connectivity index (χ1) is 18.3. The number of rotatable bonds is 8. The van der Waals surface area contributed by atoms with Gasteiger partial charge in [0.1, 0.15) is 4.90 Å². The van der Waals surface area contributed by atoms with E-state index in [9.17, 15) is 21.6 Å². The van der Waals surface area contributed by atoms with Crippen LogP contribution in [0, 0.1) is 20.8 Å². The molecule has 13 heteroatoms. The highest BCUT2D eigenvalue weighted by Gasteiger charge is 2.21. The number of hydrogen-bond acceptors (Lipinski definition) is 7. The van der Waals surface area contributed by atoms with Crippen molar-refractivity contribution in [2.45, 2.75) is 30.6 Å². The molecule has 4 rings (SSSR count). The second-order valence-electron chi connectivity index (χ2n) is 8.68. The Morgan fingerprint density at radius 3 is 1.92 bits per heavy atom. The van der Waals surface area contributed by atoms with Gasteiger partial charge in [0.2, 0.25) is 5.95 Å². The molecule has 0 saturated carbocycles. The van der Waals surface area contributed by atoms with Crippen LogP contribution in [-0.2, 0) is 20.0 Å². The van der Waals surface area contributed by atoms with Crippen LogP contribution < -0.4 is 14.8 Å². The van der Waals surface area contributed by atoms with Crippen molar-refractivity contribution in [1.29, 1.82) is 0 Å². The fourth-order valence-electron chi connectivity index (χ4n) is 3.55. The molecule has 0 aliphatic heterocycles. The molecule has 0 unspecified atom stereocenters. The van der Waals surface area contributed by atoms with E-state index in [1.807, 2.05) is 6.92 Å². The topological polar surface area (TPSA) is 147 Å². The van der Waals surface area contributed by atoms with Crippen LogP contribution in [0.2, 0.25) is 5.02 Å². The quantitative estimate of drug-likeness (QED) is 0.266. The molecule has 0 saturated heterocycles. The molecule has 3 aromatic carbocycles. The van der Waals surface area contributed by atoms with Crippen LogP contribution in [-0.4, -0.2) is 32.7 Å². The number of nitrogens with zero attached hydrogens (tertiary/aromatic N) is 2. The minimum absolute atomic E-state index is 0.0361. The van der Waals surface area contributed by atoms with Crippen molar-refractivity contribution in [3.8, 4) is 0 Å². The van der Waals surface area contributed by atoms with Crippen molar-refractivity contribution in [2.24, 2.45) is 0 Å². The Morgan fingerprint density at radius 2 is 1.31 bits per heavy atom. The molecule has 0 aliphatic carbocycles. The molecule has 1 amide bonds. The number of sulfonamides is 2. The third-order valence-corrected chi connectivity index (χ3v) is 8.62. The van der Waals surface area contributed by atoms with Crippen LogP contribution in [0.3, 0.4) is 0 Å². The molecular weight excluding hydrogens is 562 g/mol. The number of amides is 1. The molecule has 1 aromatic heterocycles. The summed E-state index contributed by atoms with van der Waals surface area (Å²) in [5.74, 6) is -0.661. The Hall–Kier alpha value is -4.00. The molecular formula is C26H24ClN5O5S2. The number of carbonyl (C=O) groups excluding carboxylic acids is 1. The van der Waals surface area contributed by atoms with E-state index in [1.54, 1.807) is 44.2 Å². The number of halogens is 1. The first kappa shape index (κ1) is 28.0. The fraction of sp³-hybridized carbons (Fsp3) is 0.115. The highest BCUT2D eigenvalue weighted by molar-refractivity contribution is 7.93. The van der Waals surface area contributed by atoms with Crippen molar-refractivity contribution in [3.05, 3.63) is 100 Å². The maximum absolute atomic E-state index is 12.9. The molecule has 202 valence electrons.